The summed E-state index contributed by atoms with van der Waals surface area (Å²) < 4.78 is 57.5. The molecule has 2 aromatic heterocycles. The Morgan fingerprint density at radius 1 is 1.02 bits per heavy atom. The number of morpholine rings is 1. The van der Waals surface area contributed by atoms with Gasteiger partial charge in [-0.3, -0.25) is 4.72 Å². The van der Waals surface area contributed by atoms with E-state index in [0.717, 1.165) is 5.56 Å². The molecule has 1 N–H and O–H groups in total. The Labute approximate surface area is 240 Å². The average Bonchev–Trinajstić information content (AvgIpc) is 2.98. The third-order valence-electron chi connectivity index (χ3n) is 5.95. The number of hydrogen-bond donors (Lipinski definition) is 1. The van der Waals surface area contributed by atoms with E-state index in [1.165, 1.54) is 26.5 Å². The van der Waals surface area contributed by atoms with Gasteiger partial charge in [0.25, 0.3) is 15.9 Å². The highest BCUT2D eigenvalue weighted by atomic mass is 32.2. The lowest BCUT2D eigenvalue weighted by Gasteiger charge is -2.28. The minimum absolute atomic E-state index is 0.0140. The van der Waals surface area contributed by atoms with Crippen LogP contribution in [0.1, 0.15) is 25.3 Å². The summed E-state index contributed by atoms with van der Waals surface area (Å²) in [5.74, 6) is 6.57. The van der Waals surface area contributed by atoms with Crippen LogP contribution >= 0.6 is 0 Å². The highest BCUT2D eigenvalue weighted by Crippen LogP contribution is 2.41. The third kappa shape index (κ3) is 7.75. The standard InChI is InChI=1S/C28H33N5O7S/c1-20(2)21-11-12-24(29-19-21)41(34,35)32-26-25(40-23-10-6-5-9-22(23)37-4)27(39-16-8-7-15-36-3)31-28(30-26)33-13-17-38-18-14-33/h5-6,9-12,19-20H,13-18H2,1-4H3,(H,30,31,32). The van der Waals surface area contributed by atoms with Crippen LogP contribution in [0.5, 0.6) is 23.1 Å². The summed E-state index contributed by atoms with van der Waals surface area (Å²) in [6, 6.07) is 10.1. The summed E-state index contributed by atoms with van der Waals surface area (Å²) in [7, 11) is -1.15. The Hall–Kier alpha value is -4.12. The number of nitrogens with zero attached hydrogens (tertiary/aromatic N) is 4. The van der Waals surface area contributed by atoms with Gasteiger partial charge in [-0.25, -0.2) is 4.98 Å². The molecule has 3 aromatic rings. The number of aromatic nitrogens is 3. The van der Waals surface area contributed by atoms with Gasteiger partial charge in [-0.15, -0.1) is 0 Å². The quantitative estimate of drug-likeness (QED) is 0.333. The van der Waals surface area contributed by atoms with Crippen molar-refractivity contribution in [3.05, 3.63) is 48.2 Å². The van der Waals surface area contributed by atoms with Gasteiger partial charge in [0.15, 0.2) is 28.9 Å². The van der Waals surface area contributed by atoms with E-state index in [-0.39, 0.29) is 47.6 Å². The smallest absolute Gasteiger partial charge is 0.280 e. The fraction of sp³-hybridized carbons (Fsp3) is 0.393. The topological polar surface area (TPSA) is 134 Å². The zero-order valence-electron chi connectivity index (χ0n) is 23.4. The number of nitrogens with one attached hydrogen (secondary N) is 1. The Bertz CT molecular complexity index is 1480. The van der Waals surface area contributed by atoms with Crippen molar-refractivity contribution in [1.29, 1.82) is 0 Å². The highest BCUT2D eigenvalue weighted by Gasteiger charge is 2.27. The van der Waals surface area contributed by atoms with E-state index in [9.17, 15) is 8.42 Å². The number of para-hydroxylation sites is 2. The first-order chi connectivity index (χ1) is 19.8. The van der Waals surface area contributed by atoms with Crippen molar-refractivity contribution in [2.24, 2.45) is 0 Å². The monoisotopic (exact) mass is 583 g/mol. The molecule has 1 fully saturated rings. The average molecular weight is 584 g/mol. The zero-order valence-corrected chi connectivity index (χ0v) is 24.2. The van der Waals surface area contributed by atoms with Crippen molar-refractivity contribution in [2.45, 2.75) is 24.8 Å². The molecule has 0 saturated carbocycles. The van der Waals surface area contributed by atoms with Gasteiger partial charge in [-0.05, 0) is 29.7 Å². The SMILES string of the molecule is COCC#CCOc1nc(N2CCOCC2)nc(NS(=O)(=O)c2ccc(C(C)C)cn2)c1Oc1ccccc1OC. The number of ether oxygens (including phenoxy) is 5. The predicted molar refractivity (Wildman–Crippen MR) is 152 cm³/mol. The number of sulfonamides is 1. The summed E-state index contributed by atoms with van der Waals surface area (Å²) in [5, 5.41) is -0.176. The molecule has 0 aliphatic carbocycles. The van der Waals surface area contributed by atoms with E-state index in [1.807, 2.05) is 18.7 Å². The van der Waals surface area contributed by atoms with E-state index >= 15 is 0 Å². The first-order valence-corrected chi connectivity index (χ1v) is 14.4. The highest BCUT2D eigenvalue weighted by molar-refractivity contribution is 7.92. The van der Waals surface area contributed by atoms with E-state index < -0.39 is 10.0 Å². The minimum Gasteiger partial charge on any atom is -0.493 e. The fourth-order valence-electron chi connectivity index (χ4n) is 3.75. The second-order valence-electron chi connectivity index (χ2n) is 9.12. The summed E-state index contributed by atoms with van der Waals surface area (Å²) >= 11 is 0. The Morgan fingerprint density at radius 2 is 1.76 bits per heavy atom. The molecule has 1 saturated heterocycles. The van der Waals surface area contributed by atoms with Crippen molar-refractivity contribution in [3.8, 4) is 35.0 Å². The second kappa shape index (κ2) is 14.0. The fourth-order valence-corrected chi connectivity index (χ4v) is 4.68. The molecule has 13 heteroatoms. The van der Waals surface area contributed by atoms with E-state index in [2.05, 4.69) is 31.5 Å². The predicted octanol–water partition coefficient (Wildman–Crippen LogP) is 3.46. The van der Waals surface area contributed by atoms with Crippen LogP contribution in [-0.4, -0.2) is 77.1 Å². The van der Waals surface area contributed by atoms with Crippen molar-refractivity contribution in [3.63, 3.8) is 0 Å². The molecule has 3 heterocycles. The molecule has 12 nitrogen and oxygen atoms in total. The molecular formula is C28H33N5O7S. The number of methoxy groups -OCH3 is 2. The first-order valence-electron chi connectivity index (χ1n) is 12.9. The lowest BCUT2D eigenvalue weighted by Crippen LogP contribution is -2.37. The largest absolute Gasteiger partial charge is 0.493 e. The normalized spacial score (nSPS) is 13.3. The van der Waals surface area contributed by atoms with Crippen LogP contribution in [0.4, 0.5) is 11.8 Å². The lowest BCUT2D eigenvalue weighted by atomic mass is 10.1. The summed E-state index contributed by atoms with van der Waals surface area (Å²) in [6.45, 7) is 6.11. The molecule has 0 amide bonds. The van der Waals surface area contributed by atoms with E-state index in [4.69, 9.17) is 23.7 Å². The number of anilines is 2. The lowest BCUT2D eigenvalue weighted by molar-refractivity contribution is 0.122. The molecule has 1 aliphatic heterocycles. The van der Waals surface area contributed by atoms with Gasteiger partial charge in [0, 0.05) is 26.4 Å². The van der Waals surface area contributed by atoms with Gasteiger partial charge in [-0.1, -0.05) is 43.9 Å². The van der Waals surface area contributed by atoms with Crippen LogP contribution in [0.25, 0.3) is 0 Å². The van der Waals surface area contributed by atoms with Crippen LogP contribution in [0.15, 0.2) is 47.6 Å². The van der Waals surface area contributed by atoms with E-state index in [0.29, 0.717) is 37.8 Å². The van der Waals surface area contributed by atoms with Crippen LogP contribution in [0.3, 0.4) is 0 Å². The molecule has 0 atom stereocenters. The number of hydrogen-bond acceptors (Lipinski definition) is 11. The van der Waals surface area contributed by atoms with Gasteiger partial charge in [0.05, 0.1) is 20.3 Å². The van der Waals surface area contributed by atoms with Crippen molar-refractivity contribution < 1.29 is 32.1 Å². The van der Waals surface area contributed by atoms with Gasteiger partial charge in [0.1, 0.15) is 6.61 Å². The Kier molecular flexibility index (Phi) is 10.2. The number of benzene rings is 1. The number of rotatable bonds is 11. The van der Waals surface area contributed by atoms with Crippen molar-refractivity contribution in [2.75, 3.05) is 63.4 Å². The van der Waals surface area contributed by atoms with Crippen LogP contribution in [0, 0.1) is 11.8 Å². The zero-order chi connectivity index (χ0) is 29.2. The number of pyridine rings is 1. The van der Waals surface area contributed by atoms with Crippen molar-refractivity contribution >= 4 is 21.8 Å². The molecule has 0 bridgehead atoms. The molecule has 4 rings (SSSR count). The molecule has 0 radical (unpaired) electrons. The Balaban J connectivity index is 1.81. The minimum atomic E-state index is -4.19. The van der Waals surface area contributed by atoms with Crippen LogP contribution in [0.2, 0.25) is 0 Å². The molecular weight excluding hydrogens is 550 g/mol. The maximum Gasteiger partial charge on any atom is 0.280 e. The molecule has 1 aromatic carbocycles. The summed E-state index contributed by atoms with van der Waals surface area (Å²) in [4.78, 5) is 15.2. The van der Waals surface area contributed by atoms with Crippen LogP contribution in [-0.2, 0) is 19.5 Å². The Morgan fingerprint density at radius 3 is 2.41 bits per heavy atom. The molecule has 0 unspecified atom stereocenters. The van der Waals surface area contributed by atoms with Gasteiger partial charge >= 0.3 is 0 Å². The van der Waals surface area contributed by atoms with Gasteiger partial charge in [-0.2, -0.15) is 18.4 Å². The molecule has 41 heavy (non-hydrogen) atoms. The first kappa shape index (κ1) is 29.9. The third-order valence-corrected chi connectivity index (χ3v) is 7.21. The van der Waals surface area contributed by atoms with E-state index in [1.54, 1.807) is 30.3 Å². The maximum atomic E-state index is 13.5. The summed E-state index contributed by atoms with van der Waals surface area (Å²) in [5.41, 5.74) is 0.908. The van der Waals surface area contributed by atoms with Crippen LogP contribution < -0.4 is 23.8 Å². The second-order valence-corrected chi connectivity index (χ2v) is 10.8. The molecule has 218 valence electrons. The van der Waals surface area contributed by atoms with Gasteiger partial charge in [0.2, 0.25) is 11.7 Å². The molecule has 0 spiro atoms. The maximum absolute atomic E-state index is 13.5. The van der Waals surface area contributed by atoms with Crippen molar-refractivity contribution in [1.82, 2.24) is 15.0 Å². The summed E-state index contributed by atoms with van der Waals surface area (Å²) in [6.07, 6.45) is 1.54. The molecule has 1 aliphatic rings. The van der Waals surface area contributed by atoms with Gasteiger partial charge < -0.3 is 28.6 Å².